The molecule has 4 aromatic rings. The lowest BCUT2D eigenvalue weighted by atomic mass is 10.00. The molecule has 2 aromatic heterocycles. The van der Waals surface area contributed by atoms with Gasteiger partial charge in [-0.1, -0.05) is 63.1 Å². The highest BCUT2D eigenvalue weighted by molar-refractivity contribution is 5.94. The summed E-state index contributed by atoms with van der Waals surface area (Å²) in [7, 11) is 0. The Labute approximate surface area is 271 Å². The molecule has 3 atom stereocenters. The molecule has 46 heavy (non-hydrogen) atoms. The van der Waals surface area contributed by atoms with Gasteiger partial charge < -0.3 is 35.9 Å². The van der Waals surface area contributed by atoms with Crippen LogP contribution in [0.25, 0.3) is 21.8 Å². The van der Waals surface area contributed by atoms with Crippen molar-refractivity contribution in [3.8, 4) is 0 Å². The Morgan fingerprint density at radius 2 is 1.33 bits per heavy atom. The summed E-state index contributed by atoms with van der Waals surface area (Å²) in [6.07, 6.45) is 6.97. The molecule has 1 fully saturated rings. The van der Waals surface area contributed by atoms with Gasteiger partial charge in [0.1, 0.15) is 18.1 Å². The number of hydrogen-bond donors (Lipinski definition) is 6. The zero-order valence-corrected chi connectivity index (χ0v) is 26.4. The van der Waals surface area contributed by atoms with Gasteiger partial charge in [-0.2, -0.15) is 0 Å². The van der Waals surface area contributed by atoms with Gasteiger partial charge in [0.2, 0.25) is 11.8 Å². The molecule has 11 nitrogen and oxygen atoms in total. The summed E-state index contributed by atoms with van der Waals surface area (Å²) in [6.45, 7) is 4.69. The standard InChI is InChI=1S/C35H44N6O5/c1-22(2)17-29(40-35(46)41-15-9-3-4-10-16-41)32(42)38-30(18-23-20-36-27-13-7-5-11-25(23)27)33(43)39-31(34(44)45)19-24-21-37-28-14-8-6-12-26(24)28/h5-8,11-14,20-22,29-31,36-37H,3-4,9-10,15-19H2,1-2H3,(H,38,42)(H,39,43)(H,40,46)(H,44,45)/t29-,30-,31-/m0/s1/i/hD2. The monoisotopic (exact) mass is 630 g/mol. The van der Waals surface area contributed by atoms with Gasteiger partial charge in [-0.25, -0.2) is 9.59 Å². The Morgan fingerprint density at radius 1 is 0.783 bits per heavy atom. The molecular formula is C35H44N6O5. The molecule has 0 bridgehead atoms. The van der Waals surface area contributed by atoms with Crippen molar-refractivity contribution in [3.63, 3.8) is 0 Å². The van der Waals surface area contributed by atoms with Crippen LogP contribution in [0.5, 0.6) is 0 Å². The van der Waals surface area contributed by atoms with Crippen LogP contribution in [0.1, 0.15) is 57.1 Å². The highest BCUT2D eigenvalue weighted by Gasteiger charge is 2.32. The highest BCUT2D eigenvalue weighted by atomic mass is 16.4. The molecule has 0 unspecified atom stereocenters. The van der Waals surface area contributed by atoms with Crippen molar-refractivity contribution < 1.29 is 27.1 Å². The summed E-state index contributed by atoms with van der Waals surface area (Å²) < 4.78 is 17.8. The number of fused-ring (bicyclic) bond motifs is 2. The van der Waals surface area contributed by atoms with Gasteiger partial charge in [0, 0.05) is 60.1 Å². The van der Waals surface area contributed by atoms with E-state index in [0.717, 1.165) is 47.5 Å². The van der Waals surface area contributed by atoms with Crippen LogP contribution in [0.4, 0.5) is 4.79 Å². The lowest BCUT2D eigenvalue weighted by molar-refractivity contribution is -0.142. The fourth-order valence-corrected chi connectivity index (χ4v) is 6.07. The average Bonchev–Trinajstić information content (AvgIpc) is 3.57. The number of nitrogens with one attached hydrogen (secondary N) is 5. The van der Waals surface area contributed by atoms with Crippen LogP contribution >= 0.6 is 0 Å². The maximum absolute atomic E-state index is 14.1. The van der Waals surface area contributed by atoms with E-state index in [2.05, 4.69) is 15.3 Å². The van der Waals surface area contributed by atoms with Gasteiger partial charge in [-0.3, -0.25) is 9.59 Å². The van der Waals surface area contributed by atoms with Gasteiger partial charge in [0.25, 0.3) is 0 Å². The second-order valence-corrected chi connectivity index (χ2v) is 12.5. The number of benzene rings is 2. The Hall–Kier alpha value is -4.80. The summed E-state index contributed by atoms with van der Waals surface area (Å²) in [5.74, 6) is -3.08. The van der Waals surface area contributed by atoms with Crippen LogP contribution in [0.15, 0.2) is 60.9 Å². The van der Waals surface area contributed by atoms with E-state index in [-0.39, 0.29) is 25.2 Å². The first kappa shape index (κ1) is 29.9. The normalized spacial score (nSPS) is 16.3. The first-order chi connectivity index (χ1) is 23.0. The largest absolute Gasteiger partial charge is 0.480 e. The first-order valence-corrected chi connectivity index (χ1v) is 16.1. The number of carbonyl (C=O) groups excluding carboxylic acids is 3. The number of para-hydroxylation sites is 2. The molecule has 0 saturated carbocycles. The maximum Gasteiger partial charge on any atom is 0.326 e. The van der Waals surface area contributed by atoms with E-state index < -0.39 is 41.9 Å². The van der Waals surface area contributed by atoms with Crippen LogP contribution in [0, 0.1) is 5.92 Å². The number of likely N-dealkylation sites (tertiary alicyclic amines) is 1. The van der Waals surface area contributed by atoms with Crippen molar-refractivity contribution in [2.45, 2.75) is 76.9 Å². The number of carboxylic acids is 1. The summed E-state index contributed by atoms with van der Waals surface area (Å²) in [5.41, 5.74) is 2.98. The van der Waals surface area contributed by atoms with E-state index in [1.165, 1.54) is 0 Å². The van der Waals surface area contributed by atoms with Gasteiger partial charge in [0.05, 0.1) is 0 Å². The predicted molar refractivity (Wildman–Crippen MR) is 177 cm³/mol. The van der Waals surface area contributed by atoms with Crippen molar-refractivity contribution >= 4 is 45.6 Å². The second kappa shape index (κ2) is 15.0. The number of carboxylic acid groups (broad SMARTS) is 1. The lowest BCUT2D eigenvalue weighted by Crippen LogP contribution is -2.58. The molecule has 0 aliphatic carbocycles. The number of hydrogen-bond acceptors (Lipinski definition) is 4. The van der Waals surface area contributed by atoms with Crippen LogP contribution < -0.4 is 15.9 Å². The Balaban J connectivity index is 1.43. The van der Waals surface area contributed by atoms with E-state index >= 15 is 0 Å². The number of aliphatic carboxylic acids is 1. The van der Waals surface area contributed by atoms with Gasteiger partial charge in [0.15, 0.2) is 2.82 Å². The third kappa shape index (κ3) is 8.07. The van der Waals surface area contributed by atoms with Crippen LogP contribution in [-0.2, 0) is 27.2 Å². The van der Waals surface area contributed by atoms with Crippen molar-refractivity contribution in [1.82, 2.24) is 30.8 Å². The minimum atomic E-state index is -1.46. The number of aromatic nitrogens is 2. The lowest BCUT2D eigenvalue weighted by Gasteiger charge is -2.28. The molecule has 1 aliphatic heterocycles. The topological polar surface area (TPSA) is 159 Å². The minimum absolute atomic E-state index is 0.0301. The van der Waals surface area contributed by atoms with Crippen molar-refractivity contribution in [3.05, 3.63) is 72.1 Å². The highest BCUT2D eigenvalue weighted by Crippen LogP contribution is 2.21. The molecule has 2 aromatic carbocycles. The summed E-state index contributed by atoms with van der Waals surface area (Å²) in [5, 5.41) is 15.6. The number of urea groups is 1. The third-order valence-electron chi connectivity index (χ3n) is 8.51. The second-order valence-electron chi connectivity index (χ2n) is 12.5. The molecule has 6 N–H and O–H groups in total. The van der Waals surface area contributed by atoms with Crippen molar-refractivity contribution in [2.75, 3.05) is 13.1 Å². The first-order valence-electron chi connectivity index (χ1n) is 17.0. The smallest absolute Gasteiger partial charge is 0.326 e. The molecule has 244 valence electrons. The number of rotatable bonds is 12. The zero-order chi connectivity index (χ0) is 34.4. The number of nitrogens with zero attached hydrogens (tertiary/aromatic N) is 1. The van der Waals surface area contributed by atoms with Gasteiger partial charge >= 0.3 is 12.0 Å². The molecule has 5 rings (SSSR count). The minimum Gasteiger partial charge on any atom is -0.480 e. The zero-order valence-electron chi connectivity index (χ0n) is 28.4. The van der Waals surface area contributed by atoms with Crippen LogP contribution in [0.2, 0.25) is 2.82 Å². The summed E-state index contributed by atoms with van der Waals surface area (Å²) in [4.78, 5) is 61.9. The number of H-pyrrole nitrogens is 2. The fraction of sp³-hybridized carbons (Fsp3) is 0.429. The van der Waals surface area contributed by atoms with E-state index in [1.54, 1.807) is 17.3 Å². The molecule has 0 radical (unpaired) electrons. The molecule has 0 spiro atoms. The number of carbonyl (C=O) groups is 4. The molecular weight excluding hydrogens is 584 g/mol. The van der Waals surface area contributed by atoms with Crippen LogP contribution in [-0.4, -0.2) is 75.0 Å². The maximum atomic E-state index is 14.1. The number of amides is 4. The third-order valence-corrected chi connectivity index (χ3v) is 8.51. The van der Waals surface area contributed by atoms with E-state index in [1.807, 2.05) is 62.4 Å². The molecule has 1 aliphatic rings. The van der Waals surface area contributed by atoms with E-state index in [4.69, 9.17) is 2.82 Å². The number of aromatic amines is 2. The van der Waals surface area contributed by atoms with E-state index in [9.17, 15) is 24.3 Å². The Kier molecular flexibility index (Phi) is 9.74. The fourth-order valence-electron chi connectivity index (χ4n) is 6.07. The Bertz CT molecular complexity index is 1750. The quantitative estimate of drug-likeness (QED) is 0.136. The molecule has 3 heterocycles. The van der Waals surface area contributed by atoms with Crippen molar-refractivity contribution in [2.24, 2.45) is 5.92 Å². The molecule has 11 heteroatoms. The average molecular weight is 631 g/mol. The summed E-state index contributed by atoms with van der Waals surface area (Å²) >= 11 is 0. The van der Waals surface area contributed by atoms with Crippen LogP contribution in [0.3, 0.4) is 0 Å². The van der Waals surface area contributed by atoms with E-state index in [0.29, 0.717) is 34.8 Å². The van der Waals surface area contributed by atoms with Gasteiger partial charge in [-0.05, 0) is 48.4 Å². The molecule has 1 saturated heterocycles. The summed E-state index contributed by atoms with van der Waals surface area (Å²) in [6, 6.07) is 10.1. The SMILES string of the molecule is [2H]N(C(=O)[C@H](CC(C)C)N([2H])C(=O)N1CCCCCC1)[C@@H](Cc1c[nH]c2ccccc12)C(=O)N[C@@H](Cc1c[nH]c2ccccc12)C(=O)O. The molecule has 4 amide bonds. The Morgan fingerprint density at radius 3 is 1.87 bits per heavy atom. The predicted octanol–water partition coefficient (Wildman–Crippen LogP) is 4.49. The van der Waals surface area contributed by atoms with Gasteiger partial charge in [-0.15, -0.1) is 0 Å². The van der Waals surface area contributed by atoms with Crippen molar-refractivity contribution in [1.29, 1.82) is 0 Å².